The highest BCUT2D eigenvalue weighted by molar-refractivity contribution is 14.0. The lowest BCUT2D eigenvalue weighted by atomic mass is 10.3. The molecule has 0 spiro atoms. The van der Waals surface area contributed by atoms with E-state index in [9.17, 15) is 0 Å². The largest absolute Gasteiger partial charge is 0.356 e. The molecule has 0 saturated carbocycles. The van der Waals surface area contributed by atoms with Crippen LogP contribution < -0.4 is 5.32 Å². The molecule has 0 aliphatic rings. The second-order valence-corrected chi connectivity index (χ2v) is 5.93. The fraction of sp³-hybridized carbons (Fsp3) is 0.533. The van der Waals surface area contributed by atoms with Gasteiger partial charge in [0.15, 0.2) is 5.96 Å². The average molecular weight is 466 g/mol. The highest BCUT2D eigenvalue weighted by atomic mass is 127. The summed E-state index contributed by atoms with van der Waals surface area (Å²) in [7, 11) is 5.82. The van der Waals surface area contributed by atoms with Gasteiger partial charge in [0.25, 0.3) is 0 Å². The van der Waals surface area contributed by atoms with Crippen molar-refractivity contribution in [1.29, 1.82) is 0 Å². The topological polar surface area (TPSA) is 63.3 Å². The average Bonchev–Trinajstić information content (AvgIpc) is 3.13. The third-order valence-electron chi connectivity index (χ3n) is 3.64. The molecule has 1 N–H and O–H groups in total. The summed E-state index contributed by atoms with van der Waals surface area (Å²) in [6.45, 7) is 2.57. The smallest absolute Gasteiger partial charge is 0.193 e. The summed E-state index contributed by atoms with van der Waals surface area (Å²) in [6, 6.07) is 1.98. The third-order valence-corrected chi connectivity index (χ3v) is 3.85. The van der Waals surface area contributed by atoms with Gasteiger partial charge in [0.1, 0.15) is 12.7 Å². The van der Waals surface area contributed by atoms with Crippen LogP contribution in [0.2, 0.25) is 5.02 Å². The molecular formula is C15H25ClIN7. The second-order valence-electron chi connectivity index (χ2n) is 5.50. The Balaban J connectivity index is 0.00000288. The molecule has 24 heavy (non-hydrogen) atoms. The van der Waals surface area contributed by atoms with Crippen molar-refractivity contribution in [3.05, 3.63) is 35.6 Å². The molecule has 2 aromatic heterocycles. The van der Waals surface area contributed by atoms with E-state index in [0.717, 1.165) is 49.2 Å². The molecule has 0 bridgehead atoms. The van der Waals surface area contributed by atoms with Crippen molar-refractivity contribution in [3.63, 3.8) is 0 Å². The van der Waals surface area contributed by atoms with Crippen molar-refractivity contribution in [1.82, 2.24) is 29.5 Å². The van der Waals surface area contributed by atoms with Crippen LogP contribution in [0.5, 0.6) is 0 Å². The summed E-state index contributed by atoms with van der Waals surface area (Å²) in [5.74, 6) is 0.881. The first-order chi connectivity index (χ1) is 11.1. The number of aliphatic imine (C=N–C) groups is 1. The molecule has 7 nitrogen and oxygen atoms in total. The SMILES string of the molecule is CN=C(NCCCCn1cnnc1)N(C)Cc1cc(Cl)cn1C.I. The van der Waals surface area contributed by atoms with Gasteiger partial charge in [-0.15, -0.1) is 34.2 Å². The van der Waals surface area contributed by atoms with Crippen LogP contribution in [0.4, 0.5) is 0 Å². The monoisotopic (exact) mass is 465 g/mol. The number of aryl methyl sites for hydroxylation is 2. The van der Waals surface area contributed by atoms with Gasteiger partial charge in [-0.1, -0.05) is 11.6 Å². The van der Waals surface area contributed by atoms with E-state index in [1.165, 1.54) is 0 Å². The Kier molecular flexibility index (Phi) is 9.12. The second kappa shape index (κ2) is 10.5. The number of hydrogen-bond acceptors (Lipinski definition) is 3. The fourth-order valence-corrected chi connectivity index (χ4v) is 2.66. The molecule has 2 heterocycles. The summed E-state index contributed by atoms with van der Waals surface area (Å²) in [6.07, 6.45) is 7.52. The highest BCUT2D eigenvalue weighted by Gasteiger charge is 2.09. The van der Waals surface area contributed by atoms with E-state index in [0.29, 0.717) is 0 Å². The Morgan fingerprint density at radius 3 is 2.62 bits per heavy atom. The molecule has 0 saturated heterocycles. The first kappa shape index (κ1) is 20.8. The van der Waals surface area contributed by atoms with Gasteiger partial charge >= 0.3 is 0 Å². The maximum Gasteiger partial charge on any atom is 0.193 e. The minimum absolute atomic E-state index is 0. The number of nitrogens with zero attached hydrogens (tertiary/aromatic N) is 6. The summed E-state index contributed by atoms with van der Waals surface area (Å²) < 4.78 is 4.02. The zero-order valence-corrected chi connectivity index (χ0v) is 17.4. The predicted octanol–water partition coefficient (Wildman–Crippen LogP) is 2.38. The Morgan fingerprint density at radius 1 is 1.33 bits per heavy atom. The minimum atomic E-state index is 0. The number of guanidine groups is 1. The van der Waals surface area contributed by atoms with E-state index in [2.05, 4.69) is 25.4 Å². The molecule has 0 unspecified atom stereocenters. The van der Waals surface area contributed by atoms with Crippen LogP contribution >= 0.6 is 35.6 Å². The summed E-state index contributed by atoms with van der Waals surface area (Å²) in [5.41, 5.74) is 1.15. The van der Waals surface area contributed by atoms with Crippen LogP contribution in [0.1, 0.15) is 18.5 Å². The minimum Gasteiger partial charge on any atom is -0.356 e. The number of hydrogen-bond donors (Lipinski definition) is 1. The standard InChI is InChI=1S/C15H24ClN7.HI/c1-17-15(18-6-4-5-7-23-11-19-20-12-23)22(3)10-14-8-13(16)9-21(14)2;/h8-9,11-12H,4-7,10H2,1-3H3,(H,17,18);1H. The van der Waals surface area contributed by atoms with Crippen molar-refractivity contribution < 1.29 is 0 Å². The Morgan fingerprint density at radius 2 is 2.04 bits per heavy atom. The van der Waals surface area contributed by atoms with Crippen LogP contribution in [0.25, 0.3) is 0 Å². The Hall–Kier alpha value is -1.29. The van der Waals surface area contributed by atoms with Crippen LogP contribution in [-0.4, -0.2) is 50.8 Å². The van der Waals surface area contributed by atoms with Gasteiger partial charge < -0.3 is 19.4 Å². The summed E-state index contributed by atoms with van der Waals surface area (Å²) >= 11 is 6.03. The maximum absolute atomic E-state index is 6.03. The maximum atomic E-state index is 6.03. The van der Waals surface area contributed by atoms with Crippen LogP contribution in [0, 0.1) is 0 Å². The van der Waals surface area contributed by atoms with E-state index in [1.54, 1.807) is 19.7 Å². The number of halogens is 2. The van der Waals surface area contributed by atoms with Crippen molar-refractivity contribution >= 4 is 41.5 Å². The van der Waals surface area contributed by atoms with Gasteiger partial charge in [-0.2, -0.15) is 0 Å². The molecule has 9 heteroatoms. The molecule has 0 fully saturated rings. The summed E-state index contributed by atoms with van der Waals surface area (Å²) in [5, 5.41) is 11.7. The normalized spacial score (nSPS) is 11.2. The van der Waals surface area contributed by atoms with Crippen molar-refractivity contribution in [2.45, 2.75) is 25.9 Å². The zero-order chi connectivity index (χ0) is 16.7. The molecule has 2 aromatic rings. The zero-order valence-electron chi connectivity index (χ0n) is 14.3. The number of unbranched alkanes of at least 4 members (excludes halogenated alkanes) is 1. The Bertz CT molecular complexity index is 624. The van der Waals surface area contributed by atoms with Crippen LogP contribution in [0.3, 0.4) is 0 Å². The van der Waals surface area contributed by atoms with E-state index in [4.69, 9.17) is 11.6 Å². The first-order valence-electron chi connectivity index (χ1n) is 7.65. The highest BCUT2D eigenvalue weighted by Crippen LogP contribution is 2.14. The molecule has 0 aliphatic heterocycles. The lowest BCUT2D eigenvalue weighted by Crippen LogP contribution is -2.39. The Labute approximate surface area is 165 Å². The molecule has 0 atom stereocenters. The van der Waals surface area contributed by atoms with Crippen molar-refractivity contribution in [2.75, 3.05) is 20.6 Å². The lowest BCUT2D eigenvalue weighted by molar-refractivity contribution is 0.459. The number of rotatable bonds is 7. The molecule has 0 amide bonds. The lowest BCUT2D eigenvalue weighted by Gasteiger charge is -2.22. The van der Waals surface area contributed by atoms with Gasteiger partial charge in [-0.3, -0.25) is 4.99 Å². The van der Waals surface area contributed by atoms with Crippen molar-refractivity contribution in [3.8, 4) is 0 Å². The molecule has 134 valence electrons. The fourth-order valence-electron chi connectivity index (χ4n) is 2.38. The molecule has 0 aliphatic carbocycles. The third kappa shape index (κ3) is 6.31. The quantitative estimate of drug-likeness (QED) is 0.295. The van der Waals surface area contributed by atoms with Gasteiger partial charge in [0.2, 0.25) is 0 Å². The van der Waals surface area contributed by atoms with E-state index >= 15 is 0 Å². The molecule has 0 aromatic carbocycles. The van der Waals surface area contributed by atoms with Gasteiger partial charge in [0.05, 0.1) is 11.6 Å². The van der Waals surface area contributed by atoms with E-state index in [-0.39, 0.29) is 24.0 Å². The van der Waals surface area contributed by atoms with Crippen molar-refractivity contribution in [2.24, 2.45) is 12.0 Å². The molecule has 2 rings (SSSR count). The molecule has 0 radical (unpaired) electrons. The number of nitrogens with one attached hydrogen (secondary N) is 1. The van der Waals surface area contributed by atoms with E-state index in [1.807, 2.05) is 35.5 Å². The van der Waals surface area contributed by atoms with Gasteiger partial charge in [-0.05, 0) is 18.9 Å². The summed E-state index contributed by atoms with van der Waals surface area (Å²) in [4.78, 5) is 6.42. The van der Waals surface area contributed by atoms with E-state index < -0.39 is 0 Å². The van der Waals surface area contributed by atoms with Gasteiger partial charge in [-0.25, -0.2) is 0 Å². The molecular weight excluding hydrogens is 441 g/mol. The van der Waals surface area contributed by atoms with Crippen LogP contribution in [0.15, 0.2) is 29.9 Å². The first-order valence-corrected chi connectivity index (χ1v) is 8.03. The predicted molar refractivity (Wildman–Crippen MR) is 108 cm³/mol. The van der Waals surface area contributed by atoms with Crippen LogP contribution in [-0.2, 0) is 20.1 Å². The number of aromatic nitrogens is 4. The van der Waals surface area contributed by atoms with Gasteiger partial charge in [0, 0.05) is 46.1 Å².